The van der Waals surface area contributed by atoms with Crippen LogP contribution >= 0.6 is 27.5 Å². The maximum Gasteiger partial charge on any atom is 0.340 e. The Kier molecular flexibility index (Phi) is 4.35. The predicted octanol–water partition coefficient (Wildman–Crippen LogP) is 2.76. The van der Waals surface area contributed by atoms with Crippen LogP contribution in [0.2, 0.25) is 0 Å². The molecule has 3 nitrogen and oxygen atoms in total. The van der Waals surface area contributed by atoms with Crippen LogP contribution in [0.3, 0.4) is 0 Å². The van der Waals surface area contributed by atoms with E-state index in [4.69, 9.17) is 16.3 Å². The van der Waals surface area contributed by atoms with Gasteiger partial charge in [0, 0.05) is 10.7 Å². The highest BCUT2D eigenvalue weighted by atomic mass is 79.9. The second-order valence-corrected chi connectivity index (χ2v) is 3.68. The van der Waals surface area contributed by atoms with Crippen LogP contribution in [0.4, 0.5) is 0 Å². The van der Waals surface area contributed by atoms with E-state index in [1.165, 1.54) is 0 Å². The molecule has 1 heterocycles. The Hall–Kier alpha value is -0.610. The molecule has 0 N–H and O–H groups in total. The van der Waals surface area contributed by atoms with Crippen molar-refractivity contribution in [2.24, 2.45) is 0 Å². The number of aromatic nitrogens is 1. The van der Waals surface area contributed by atoms with Gasteiger partial charge in [-0.25, -0.2) is 4.79 Å². The fraction of sp³-hybridized carbons (Fsp3) is 0.333. The Balaban J connectivity index is 3.03. The number of esters is 1. The largest absolute Gasteiger partial charge is 0.462 e. The number of carbonyl (C=O) groups excluding carboxylic acids is 1. The highest BCUT2D eigenvalue weighted by molar-refractivity contribution is 9.10. The van der Waals surface area contributed by atoms with E-state index in [1.54, 1.807) is 19.2 Å². The maximum atomic E-state index is 11.4. The molecule has 5 heteroatoms. The monoisotopic (exact) mass is 277 g/mol. The van der Waals surface area contributed by atoms with Crippen molar-refractivity contribution >= 4 is 33.5 Å². The van der Waals surface area contributed by atoms with Crippen molar-refractivity contribution in [3.8, 4) is 0 Å². The molecule has 1 rings (SSSR count). The van der Waals surface area contributed by atoms with Crippen LogP contribution in [0, 0.1) is 0 Å². The van der Waals surface area contributed by atoms with Crippen molar-refractivity contribution in [1.29, 1.82) is 0 Å². The quantitative estimate of drug-likeness (QED) is 0.630. The fourth-order valence-electron chi connectivity index (χ4n) is 0.960. The molecule has 0 spiro atoms. The standard InChI is InChI=1S/C9H9BrClNO2/c1-2-14-9(13)7-3-6(10)5-12-8(7)4-11/h3,5H,2,4H2,1H3. The summed E-state index contributed by atoms with van der Waals surface area (Å²) in [5.41, 5.74) is 0.949. The van der Waals surface area contributed by atoms with Gasteiger partial charge in [-0.3, -0.25) is 4.98 Å². The summed E-state index contributed by atoms with van der Waals surface area (Å²) in [6, 6.07) is 1.66. The molecule has 0 saturated heterocycles. The molecule has 76 valence electrons. The maximum absolute atomic E-state index is 11.4. The Morgan fingerprint density at radius 2 is 2.43 bits per heavy atom. The number of rotatable bonds is 3. The van der Waals surface area contributed by atoms with Crippen molar-refractivity contribution in [1.82, 2.24) is 4.98 Å². The molecule has 0 radical (unpaired) electrons. The zero-order chi connectivity index (χ0) is 10.6. The van der Waals surface area contributed by atoms with E-state index in [0.717, 1.165) is 4.47 Å². The SMILES string of the molecule is CCOC(=O)c1cc(Br)cnc1CCl. The van der Waals surface area contributed by atoms with Crippen molar-refractivity contribution < 1.29 is 9.53 Å². The minimum Gasteiger partial charge on any atom is -0.462 e. The number of pyridine rings is 1. The fourth-order valence-corrected chi connectivity index (χ4v) is 1.50. The minimum atomic E-state index is -0.392. The summed E-state index contributed by atoms with van der Waals surface area (Å²) in [6.45, 7) is 2.09. The highest BCUT2D eigenvalue weighted by Crippen LogP contribution is 2.16. The zero-order valence-corrected chi connectivity index (χ0v) is 9.93. The van der Waals surface area contributed by atoms with E-state index in [-0.39, 0.29) is 5.88 Å². The van der Waals surface area contributed by atoms with Gasteiger partial charge in [0.1, 0.15) is 0 Å². The van der Waals surface area contributed by atoms with E-state index < -0.39 is 5.97 Å². The van der Waals surface area contributed by atoms with Crippen molar-refractivity contribution in [3.63, 3.8) is 0 Å². The molecule has 0 amide bonds. The van der Waals surface area contributed by atoms with Gasteiger partial charge in [0.25, 0.3) is 0 Å². The predicted molar refractivity (Wildman–Crippen MR) is 57.5 cm³/mol. The third-order valence-corrected chi connectivity index (χ3v) is 2.25. The first kappa shape index (κ1) is 11.5. The minimum absolute atomic E-state index is 0.196. The number of alkyl halides is 1. The average Bonchev–Trinajstić information content (AvgIpc) is 2.18. The van der Waals surface area contributed by atoms with Gasteiger partial charge >= 0.3 is 5.97 Å². The summed E-state index contributed by atoms with van der Waals surface area (Å²) in [5, 5.41) is 0. The summed E-state index contributed by atoms with van der Waals surface area (Å²) in [6.07, 6.45) is 1.60. The lowest BCUT2D eigenvalue weighted by Crippen LogP contribution is -2.08. The molecule has 0 aliphatic heterocycles. The van der Waals surface area contributed by atoms with Gasteiger partial charge in [-0.2, -0.15) is 0 Å². The van der Waals surface area contributed by atoms with E-state index in [0.29, 0.717) is 17.9 Å². The van der Waals surface area contributed by atoms with E-state index in [1.807, 2.05) is 0 Å². The lowest BCUT2D eigenvalue weighted by molar-refractivity contribution is 0.0524. The second kappa shape index (κ2) is 5.32. The Bertz CT molecular complexity index is 344. The molecule has 0 aliphatic carbocycles. The first-order valence-corrected chi connectivity index (χ1v) is 5.39. The van der Waals surface area contributed by atoms with Gasteiger partial charge in [-0.1, -0.05) is 0 Å². The molecule has 0 saturated carbocycles. The van der Waals surface area contributed by atoms with Crippen LogP contribution in [0.5, 0.6) is 0 Å². The Morgan fingerprint density at radius 1 is 1.71 bits per heavy atom. The number of hydrogen-bond acceptors (Lipinski definition) is 3. The second-order valence-electron chi connectivity index (χ2n) is 2.50. The molecule has 0 bridgehead atoms. The van der Waals surface area contributed by atoms with E-state index >= 15 is 0 Å². The Labute approximate surface area is 95.6 Å². The summed E-state index contributed by atoms with van der Waals surface area (Å²) in [4.78, 5) is 15.5. The van der Waals surface area contributed by atoms with Crippen molar-refractivity contribution in [2.75, 3.05) is 6.61 Å². The summed E-state index contributed by atoms with van der Waals surface area (Å²) in [7, 11) is 0. The molecule has 0 aliphatic rings. The van der Waals surface area contributed by atoms with Crippen LogP contribution in [-0.2, 0) is 10.6 Å². The Morgan fingerprint density at radius 3 is 3.00 bits per heavy atom. The molecule has 0 fully saturated rings. The van der Waals surface area contributed by atoms with Gasteiger partial charge in [0.05, 0.1) is 23.7 Å². The van der Waals surface area contributed by atoms with Gasteiger partial charge in [0.2, 0.25) is 0 Å². The summed E-state index contributed by atoms with van der Waals surface area (Å²) < 4.78 is 5.60. The topological polar surface area (TPSA) is 39.2 Å². The lowest BCUT2D eigenvalue weighted by Gasteiger charge is -2.05. The van der Waals surface area contributed by atoms with Crippen LogP contribution in [0.15, 0.2) is 16.7 Å². The van der Waals surface area contributed by atoms with Crippen LogP contribution < -0.4 is 0 Å². The molecule has 0 unspecified atom stereocenters. The first-order valence-electron chi connectivity index (χ1n) is 4.06. The number of carbonyl (C=O) groups is 1. The molecular formula is C9H9BrClNO2. The van der Waals surface area contributed by atoms with Gasteiger partial charge < -0.3 is 4.74 Å². The third kappa shape index (κ3) is 2.69. The molecule has 1 aromatic rings. The number of nitrogens with zero attached hydrogens (tertiary/aromatic N) is 1. The molecular weight excluding hydrogens is 269 g/mol. The van der Waals surface area contributed by atoms with Gasteiger partial charge in [-0.05, 0) is 28.9 Å². The number of hydrogen-bond donors (Lipinski definition) is 0. The van der Waals surface area contributed by atoms with Crippen LogP contribution in [-0.4, -0.2) is 17.6 Å². The number of halogens is 2. The lowest BCUT2D eigenvalue weighted by atomic mass is 10.2. The van der Waals surface area contributed by atoms with E-state index in [2.05, 4.69) is 20.9 Å². The third-order valence-electron chi connectivity index (χ3n) is 1.56. The zero-order valence-electron chi connectivity index (χ0n) is 7.59. The summed E-state index contributed by atoms with van der Waals surface area (Å²) in [5.74, 6) is -0.196. The number of ether oxygens (including phenoxy) is 1. The normalized spacial score (nSPS) is 9.93. The smallest absolute Gasteiger partial charge is 0.340 e. The average molecular weight is 279 g/mol. The summed E-state index contributed by atoms with van der Waals surface area (Å²) >= 11 is 8.87. The molecule has 0 atom stereocenters. The van der Waals surface area contributed by atoms with Crippen molar-refractivity contribution in [2.45, 2.75) is 12.8 Å². The van der Waals surface area contributed by atoms with Gasteiger partial charge in [0.15, 0.2) is 0 Å². The van der Waals surface area contributed by atoms with Crippen LogP contribution in [0.1, 0.15) is 23.0 Å². The van der Waals surface area contributed by atoms with Gasteiger partial charge in [-0.15, -0.1) is 11.6 Å². The first-order chi connectivity index (χ1) is 6.69. The van der Waals surface area contributed by atoms with Crippen LogP contribution in [0.25, 0.3) is 0 Å². The molecule has 14 heavy (non-hydrogen) atoms. The van der Waals surface area contributed by atoms with Crippen molar-refractivity contribution in [3.05, 3.63) is 28.0 Å². The van der Waals surface area contributed by atoms with E-state index in [9.17, 15) is 4.79 Å². The highest BCUT2D eigenvalue weighted by Gasteiger charge is 2.13. The molecule has 1 aromatic heterocycles. The molecule has 0 aromatic carbocycles.